The molecule has 9 aromatic rings. The number of rotatable bonds is 4. The van der Waals surface area contributed by atoms with Crippen molar-refractivity contribution in [2.24, 2.45) is 5.92 Å². The van der Waals surface area contributed by atoms with Gasteiger partial charge in [-0.25, -0.2) is 15.0 Å². The fraction of sp³-hybridized carbons (Fsp3) is 0.0377. The molecule has 0 N–H and O–H groups in total. The summed E-state index contributed by atoms with van der Waals surface area (Å²) in [4.78, 5) is 16.1. The minimum absolute atomic E-state index is 0.144. The maximum Gasteiger partial charge on any atom is 0.164 e. The van der Waals surface area contributed by atoms with Crippen LogP contribution in [0.2, 0.25) is 0 Å². The SMILES string of the molecule is C1=CC2=C3C(=CC=C4C(c5nc(-c6ccccc6)nc(-c6cc7c(c8ccccc8n7-c7ccccc7)c7c6ccc6c8ccccc8oc67)n5)=CC=C(C=C2)C43)C1. The number of hydrogen-bond acceptors (Lipinski definition) is 4. The van der Waals surface area contributed by atoms with Crippen LogP contribution in [0.25, 0.3) is 88.6 Å². The van der Waals surface area contributed by atoms with E-state index in [0.717, 1.165) is 83.3 Å². The summed E-state index contributed by atoms with van der Waals surface area (Å²) in [6.07, 6.45) is 19.0. The smallest absolute Gasteiger partial charge is 0.164 e. The minimum Gasteiger partial charge on any atom is -0.455 e. The lowest BCUT2D eigenvalue weighted by atomic mass is 9.67. The molecule has 0 saturated carbocycles. The largest absolute Gasteiger partial charge is 0.455 e. The topological polar surface area (TPSA) is 56.7 Å². The van der Waals surface area contributed by atoms with Gasteiger partial charge in [-0.15, -0.1) is 0 Å². The normalized spacial score (nSPS) is 16.9. The molecule has 5 heteroatoms. The van der Waals surface area contributed by atoms with E-state index in [1.54, 1.807) is 0 Å². The van der Waals surface area contributed by atoms with Gasteiger partial charge in [-0.2, -0.15) is 0 Å². The van der Waals surface area contributed by atoms with Gasteiger partial charge >= 0.3 is 0 Å². The van der Waals surface area contributed by atoms with Gasteiger partial charge in [-0.05, 0) is 76.1 Å². The highest BCUT2D eigenvalue weighted by molar-refractivity contribution is 6.31. The third-order valence-corrected chi connectivity index (χ3v) is 12.3. The molecule has 0 radical (unpaired) electrons. The zero-order valence-electron chi connectivity index (χ0n) is 31.2. The third kappa shape index (κ3) is 4.44. The first-order valence-electron chi connectivity index (χ1n) is 19.9. The van der Waals surface area contributed by atoms with Gasteiger partial charge in [-0.3, -0.25) is 0 Å². The molecule has 0 spiro atoms. The van der Waals surface area contributed by atoms with E-state index in [4.69, 9.17) is 19.4 Å². The molecule has 0 bridgehead atoms. The lowest BCUT2D eigenvalue weighted by molar-refractivity contribution is 0.673. The average Bonchev–Trinajstić information content (AvgIpc) is 3.84. The highest BCUT2D eigenvalue weighted by Gasteiger charge is 2.36. The fourth-order valence-corrected chi connectivity index (χ4v) is 9.81. The van der Waals surface area contributed by atoms with Gasteiger partial charge in [-0.1, -0.05) is 140 Å². The van der Waals surface area contributed by atoms with Gasteiger partial charge < -0.3 is 8.98 Å². The molecular formula is C53H32N4O. The maximum absolute atomic E-state index is 6.86. The highest BCUT2D eigenvalue weighted by atomic mass is 16.3. The van der Waals surface area contributed by atoms with Crippen molar-refractivity contribution >= 4 is 60.1 Å². The van der Waals surface area contributed by atoms with Gasteiger partial charge in [0.15, 0.2) is 17.5 Å². The van der Waals surface area contributed by atoms with Crippen molar-refractivity contribution < 1.29 is 4.42 Å². The number of furan rings is 1. The molecule has 3 aromatic heterocycles. The molecule has 0 aliphatic heterocycles. The molecular weight excluding hydrogens is 709 g/mol. The summed E-state index contributed by atoms with van der Waals surface area (Å²) >= 11 is 0. The van der Waals surface area contributed by atoms with E-state index in [1.807, 2.05) is 24.3 Å². The second-order valence-corrected chi connectivity index (χ2v) is 15.4. The van der Waals surface area contributed by atoms with Crippen LogP contribution in [0, 0.1) is 5.92 Å². The molecule has 6 aromatic carbocycles. The average molecular weight is 741 g/mol. The van der Waals surface area contributed by atoms with Crippen molar-refractivity contribution in [1.29, 1.82) is 0 Å². The number of fused-ring (bicyclic) bond motifs is 9. The summed E-state index contributed by atoms with van der Waals surface area (Å²) in [6, 6.07) is 44.6. The molecule has 1 atom stereocenters. The Labute approximate surface area is 333 Å². The van der Waals surface area contributed by atoms with Crippen molar-refractivity contribution in [1.82, 2.24) is 19.5 Å². The van der Waals surface area contributed by atoms with E-state index in [-0.39, 0.29) is 5.92 Å². The quantitative estimate of drug-likeness (QED) is 0.180. The highest BCUT2D eigenvalue weighted by Crippen LogP contribution is 2.51. The minimum atomic E-state index is 0.144. The zero-order chi connectivity index (χ0) is 37.9. The van der Waals surface area contributed by atoms with Crippen molar-refractivity contribution in [3.05, 3.63) is 210 Å². The van der Waals surface area contributed by atoms with E-state index in [0.29, 0.717) is 17.5 Å². The molecule has 0 amide bonds. The van der Waals surface area contributed by atoms with Crippen LogP contribution in [-0.2, 0) is 0 Å². The Balaban J connectivity index is 1.14. The summed E-state index contributed by atoms with van der Waals surface area (Å²) in [5.41, 5.74) is 14.4. The Morgan fingerprint density at radius 2 is 1.33 bits per heavy atom. The van der Waals surface area contributed by atoms with Crippen LogP contribution < -0.4 is 0 Å². The zero-order valence-corrected chi connectivity index (χ0v) is 31.2. The Morgan fingerprint density at radius 3 is 2.22 bits per heavy atom. The fourth-order valence-electron chi connectivity index (χ4n) is 9.81. The van der Waals surface area contributed by atoms with Crippen LogP contribution in [0.5, 0.6) is 0 Å². The van der Waals surface area contributed by atoms with E-state index in [9.17, 15) is 0 Å². The van der Waals surface area contributed by atoms with Crippen LogP contribution in [-0.4, -0.2) is 19.5 Å². The lowest BCUT2D eigenvalue weighted by Crippen LogP contribution is -2.23. The summed E-state index contributed by atoms with van der Waals surface area (Å²) < 4.78 is 9.23. The van der Waals surface area contributed by atoms with Crippen LogP contribution in [0.15, 0.2) is 208 Å². The maximum atomic E-state index is 6.86. The second-order valence-electron chi connectivity index (χ2n) is 15.4. The van der Waals surface area contributed by atoms with E-state index < -0.39 is 0 Å². The van der Waals surface area contributed by atoms with Crippen molar-refractivity contribution in [2.45, 2.75) is 6.42 Å². The third-order valence-electron chi connectivity index (χ3n) is 12.3. The first-order valence-corrected chi connectivity index (χ1v) is 19.9. The van der Waals surface area contributed by atoms with Crippen molar-refractivity contribution in [2.75, 3.05) is 0 Å². The molecule has 4 aliphatic carbocycles. The number of hydrogen-bond donors (Lipinski definition) is 0. The predicted molar refractivity (Wildman–Crippen MR) is 235 cm³/mol. The van der Waals surface area contributed by atoms with E-state index in [1.165, 1.54) is 27.9 Å². The van der Waals surface area contributed by atoms with Crippen LogP contribution >= 0.6 is 0 Å². The Kier molecular flexibility index (Phi) is 6.50. The first kappa shape index (κ1) is 31.6. The Hall–Kier alpha value is -7.63. The number of allylic oxidation sites excluding steroid dienone is 14. The number of benzene rings is 6. The molecule has 5 nitrogen and oxygen atoms in total. The van der Waals surface area contributed by atoms with Crippen LogP contribution in [0.4, 0.5) is 0 Å². The molecule has 0 fully saturated rings. The Bertz CT molecular complexity index is 3510. The van der Waals surface area contributed by atoms with Crippen LogP contribution in [0.3, 0.4) is 0 Å². The lowest BCUT2D eigenvalue weighted by Gasteiger charge is -2.36. The van der Waals surface area contributed by atoms with Crippen LogP contribution in [0.1, 0.15) is 12.2 Å². The van der Waals surface area contributed by atoms with E-state index >= 15 is 0 Å². The van der Waals surface area contributed by atoms with Crippen molar-refractivity contribution in [3.8, 4) is 28.5 Å². The van der Waals surface area contributed by atoms with Gasteiger partial charge in [0.1, 0.15) is 11.2 Å². The summed E-state index contributed by atoms with van der Waals surface area (Å²) in [5, 5.41) is 6.55. The molecule has 3 heterocycles. The van der Waals surface area contributed by atoms with Crippen molar-refractivity contribution in [3.63, 3.8) is 0 Å². The molecule has 4 aliphatic rings. The molecule has 13 rings (SSSR count). The van der Waals surface area contributed by atoms with Gasteiger partial charge in [0.2, 0.25) is 0 Å². The molecule has 270 valence electrons. The predicted octanol–water partition coefficient (Wildman–Crippen LogP) is 13.0. The molecule has 0 saturated heterocycles. The van der Waals surface area contributed by atoms with Gasteiger partial charge in [0, 0.05) is 55.2 Å². The van der Waals surface area contributed by atoms with Gasteiger partial charge in [0.25, 0.3) is 0 Å². The monoisotopic (exact) mass is 740 g/mol. The standard InChI is InChI=1S/C53H32N4O/c1-3-12-34(13-4-1)51-54-52(40-27-25-33-23-22-31-14-11-15-32-24-26-37(40)47(33)46(31)32)56-53(55-51)42-30-44-48(41-19-7-9-20-43(41)57(44)35-16-5-2-6-17-35)49-38(42)28-29-39-36-18-8-10-21-45(36)58-50(39)49/h1-14,16-30,47H,15H2. The molecule has 1 unspecified atom stereocenters. The molecule has 58 heavy (non-hydrogen) atoms. The number of para-hydroxylation sites is 3. The second kappa shape index (κ2) is 11.9. The van der Waals surface area contributed by atoms with Gasteiger partial charge in [0.05, 0.1) is 11.0 Å². The number of nitrogens with zero attached hydrogens (tertiary/aromatic N) is 4. The number of aromatic nitrogens is 4. The summed E-state index contributed by atoms with van der Waals surface area (Å²) in [5.74, 6) is 2.05. The summed E-state index contributed by atoms with van der Waals surface area (Å²) in [7, 11) is 0. The van der Waals surface area contributed by atoms with E-state index in [2.05, 4.69) is 156 Å². The first-order chi connectivity index (χ1) is 28.8. The summed E-state index contributed by atoms with van der Waals surface area (Å²) in [6.45, 7) is 0. The Morgan fingerprint density at radius 1 is 0.569 bits per heavy atom.